The van der Waals surface area contributed by atoms with Gasteiger partial charge in [-0.15, -0.1) is 0 Å². The van der Waals surface area contributed by atoms with Gasteiger partial charge in [0, 0.05) is 0 Å². The largest absolute Gasteiger partial charge is 0.306 e. The molecule has 1 amide bonds. The third-order valence-electron chi connectivity index (χ3n) is 5.71. The van der Waals surface area contributed by atoms with Gasteiger partial charge in [-0.2, -0.15) is 0 Å². The molecule has 0 saturated heterocycles. The van der Waals surface area contributed by atoms with Gasteiger partial charge in [0.1, 0.15) is 11.4 Å². The summed E-state index contributed by atoms with van der Waals surface area (Å²) in [7, 11) is 0. The maximum Gasteiger partial charge on any atom is 0.274 e. The Kier molecular flexibility index (Phi) is 4.62. The van der Waals surface area contributed by atoms with Gasteiger partial charge in [-0.3, -0.25) is 9.79 Å². The van der Waals surface area contributed by atoms with E-state index >= 15 is 0 Å². The number of carbonyl (C=O) groups is 1. The van der Waals surface area contributed by atoms with Crippen molar-refractivity contribution in [3.05, 3.63) is 24.3 Å². The summed E-state index contributed by atoms with van der Waals surface area (Å²) in [5, 5.41) is 0. The lowest BCUT2D eigenvalue weighted by Gasteiger charge is -2.46. The molecule has 1 saturated carbocycles. The minimum Gasteiger partial charge on any atom is -0.306 e. The number of hydrogen-bond acceptors (Lipinski definition) is 2. The standard InChI is InChI=1S/C20H32N2O/c1-13(2)15(5)22-18(23)17(14(3)4)21-20(22)11-9-16(10-12-20)19(6,7)8/h15-16H,1,3,9-12H2,2,4-8H3. The molecule has 2 rings (SSSR count). The van der Waals surface area contributed by atoms with Crippen molar-refractivity contribution in [2.45, 2.75) is 78.9 Å². The molecule has 1 heterocycles. The van der Waals surface area contributed by atoms with Gasteiger partial charge in [0.05, 0.1) is 6.04 Å². The summed E-state index contributed by atoms with van der Waals surface area (Å²) in [5.41, 5.74) is 2.27. The molecule has 0 radical (unpaired) electrons. The highest BCUT2D eigenvalue weighted by Crippen LogP contribution is 2.47. The molecule has 0 aromatic heterocycles. The molecule has 1 aliphatic heterocycles. The summed E-state index contributed by atoms with van der Waals surface area (Å²) >= 11 is 0. The molecule has 1 spiro atoms. The summed E-state index contributed by atoms with van der Waals surface area (Å²) in [5.74, 6) is 0.719. The van der Waals surface area contributed by atoms with E-state index in [1.165, 1.54) is 0 Å². The number of aliphatic imine (C=N–C) groups is 1. The van der Waals surface area contributed by atoms with E-state index < -0.39 is 0 Å². The zero-order chi connectivity index (χ0) is 17.6. The number of carbonyl (C=O) groups excluding carboxylic acids is 1. The van der Waals surface area contributed by atoms with Crippen molar-refractivity contribution in [1.29, 1.82) is 0 Å². The first kappa shape index (κ1) is 18.0. The lowest BCUT2D eigenvalue weighted by atomic mass is 9.69. The normalized spacial score (nSPS) is 29.7. The molecule has 0 aromatic carbocycles. The van der Waals surface area contributed by atoms with Crippen LogP contribution in [-0.4, -0.2) is 28.2 Å². The number of nitrogens with zero attached hydrogens (tertiary/aromatic N) is 2. The second-order valence-corrected chi connectivity index (χ2v) is 8.56. The summed E-state index contributed by atoms with van der Waals surface area (Å²) in [6, 6.07) is 0.00860. The molecule has 0 aromatic rings. The van der Waals surface area contributed by atoms with Gasteiger partial charge < -0.3 is 4.90 Å². The molecular weight excluding hydrogens is 284 g/mol. The predicted octanol–water partition coefficient (Wildman–Crippen LogP) is 4.74. The lowest BCUT2D eigenvalue weighted by Crippen LogP contribution is -2.54. The third-order valence-corrected chi connectivity index (χ3v) is 5.71. The van der Waals surface area contributed by atoms with Crippen LogP contribution >= 0.6 is 0 Å². The van der Waals surface area contributed by atoms with Crippen LogP contribution in [0.4, 0.5) is 0 Å². The predicted molar refractivity (Wildman–Crippen MR) is 97.5 cm³/mol. The van der Waals surface area contributed by atoms with E-state index in [0.29, 0.717) is 17.0 Å². The van der Waals surface area contributed by atoms with Crippen molar-refractivity contribution in [2.75, 3.05) is 0 Å². The molecule has 0 bridgehead atoms. The van der Waals surface area contributed by atoms with E-state index in [9.17, 15) is 4.79 Å². The van der Waals surface area contributed by atoms with Crippen molar-refractivity contribution in [2.24, 2.45) is 16.3 Å². The van der Waals surface area contributed by atoms with Crippen LogP contribution in [0.1, 0.15) is 67.2 Å². The van der Waals surface area contributed by atoms with Crippen molar-refractivity contribution < 1.29 is 4.79 Å². The van der Waals surface area contributed by atoms with Gasteiger partial charge in [-0.1, -0.05) is 39.5 Å². The zero-order valence-electron chi connectivity index (χ0n) is 15.7. The highest BCUT2D eigenvalue weighted by atomic mass is 16.2. The molecule has 2 aliphatic rings. The van der Waals surface area contributed by atoms with Gasteiger partial charge in [0.15, 0.2) is 0 Å². The van der Waals surface area contributed by atoms with E-state index in [-0.39, 0.29) is 17.6 Å². The SMILES string of the molecule is C=C(C)C1=NC2(CCC(C(C)(C)C)CC2)N(C(C)C(=C)C)C1=O. The number of amides is 1. The van der Waals surface area contributed by atoms with Crippen molar-refractivity contribution in [3.8, 4) is 0 Å². The molecule has 128 valence electrons. The fourth-order valence-corrected chi connectivity index (χ4v) is 3.95. The summed E-state index contributed by atoms with van der Waals surface area (Å²) in [6.07, 6.45) is 4.11. The van der Waals surface area contributed by atoms with E-state index in [2.05, 4.69) is 40.9 Å². The smallest absolute Gasteiger partial charge is 0.274 e. The lowest BCUT2D eigenvalue weighted by molar-refractivity contribution is -0.131. The molecular formula is C20H32N2O. The van der Waals surface area contributed by atoms with Gasteiger partial charge >= 0.3 is 0 Å². The minimum atomic E-state index is -0.383. The van der Waals surface area contributed by atoms with Crippen LogP contribution in [0.15, 0.2) is 29.3 Å². The third kappa shape index (κ3) is 3.15. The van der Waals surface area contributed by atoms with E-state index in [0.717, 1.165) is 36.8 Å². The van der Waals surface area contributed by atoms with Crippen LogP contribution in [0.5, 0.6) is 0 Å². The number of hydrogen-bond donors (Lipinski definition) is 0. The quantitative estimate of drug-likeness (QED) is 0.692. The van der Waals surface area contributed by atoms with E-state index in [4.69, 9.17) is 4.99 Å². The van der Waals surface area contributed by atoms with Crippen LogP contribution in [-0.2, 0) is 4.79 Å². The summed E-state index contributed by atoms with van der Waals surface area (Å²) < 4.78 is 0. The minimum absolute atomic E-state index is 0.00860. The molecule has 3 nitrogen and oxygen atoms in total. The Morgan fingerprint density at radius 2 is 1.78 bits per heavy atom. The van der Waals surface area contributed by atoms with Gasteiger partial charge in [0.25, 0.3) is 5.91 Å². The maximum atomic E-state index is 12.9. The molecule has 1 unspecified atom stereocenters. The molecule has 1 atom stereocenters. The summed E-state index contributed by atoms with van der Waals surface area (Å²) in [6.45, 7) is 20.9. The second kappa shape index (κ2) is 5.92. The first-order chi connectivity index (χ1) is 10.5. The molecule has 1 fully saturated rings. The first-order valence-corrected chi connectivity index (χ1v) is 8.74. The van der Waals surface area contributed by atoms with Crippen molar-refractivity contribution >= 4 is 11.6 Å². The highest BCUT2D eigenvalue weighted by Gasteiger charge is 2.51. The maximum absolute atomic E-state index is 12.9. The molecule has 3 heteroatoms. The fraction of sp³-hybridized carbons (Fsp3) is 0.700. The molecule has 0 N–H and O–H groups in total. The average molecular weight is 316 g/mol. The van der Waals surface area contributed by atoms with Crippen LogP contribution in [0.25, 0.3) is 0 Å². The molecule has 1 aliphatic carbocycles. The topological polar surface area (TPSA) is 32.7 Å². The van der Waals surface area contributed by atoms with E-state index in [1.54, 1.807) is 0 Å². The first-order valence-electron chi connectivity index (χ1n) is 8.74. The van der Waals surface area contributed by atoms with Crippen molar-refractivity contribution in [3.63, 3.8) is 0 Å². The fourth-order valence-electron chi connectivity index (χ4n) is 3.95. The Bertz CT molecular complexity index is 557. The summed E-state index contributed by atoms with van der Waals surface area (Å²) in [4.78, 5) is 19.8. The van der Waals surface area contributed by atoms with Crippen LogP contribution in [0, 0.1) is 11.3 Å². The Morgan fingerprint density at radius 1 is 1.26 bits per heavy atom. The Labute approximate surface area is 141 Å². The van der Waals surface area contributed by atoms with Crippen LogP contribution < -0.4 is 0 Å². The Hall–Kier alpha value is -1.38. The zero-order valence-corrected chi connectivity index (χ0v) is 15.7. The van der Waals surface area contributed by atoms with Gasteiger partial charge in [-0.05, 0) is 63.4 Å². The Balaban J connectivity index is 2.35. The van der Waals surface area contributed by atoms with Crippen LogP contribution in [0.2, 0.25) is 0 Å². The van der Waals surface area contributed by atoms with E-state index in [1.807, 2.05) is 18.7 Å². The van der Waals surface area contributed by atoms with Gasteiger partial charge in [0.2, 0.25) is 0 Å². The van der Waals surface area contributed by atoms with Crippen LogP contribution in [0.3, 0.4) is 0 Å². The number of rotatable bonds is 3. The van der Waals surface area contributed by atoms with Gasteiger partial charge in [-0.25, -0.2) is 0 Å². The second-order valence-electron chi connectivity index (χ2n) is 8.56. The molecule has 23 heavy (non-hydrogen) atoms. The Morgan fingerprint density at radius 3 is 2.17 bits per heavy atom. The van der Waals surface area contributed by atoms with Crippen molar-refractivity contribution in [1.82, 2.24) is 4.90 Å². The monoisotopic (exact) mass is 316 g/mol. The average Bonchev–Trinajstić information content (AvgIpc) is 2.70. The highest BCUT2D eigenvalue weighted by molar-refractivity contribution is 6.46.